The minimum Gasteiger partial charge on any atom is -0.268 e. The van der Waals surface area contributed by atoms with Crippen LogP contribution in [0.5, 0.6) is 0 Å². The lowest BCUT2D eigenvalue weighted by atomic mass is 10.1. The molecule has 0 N–H and O–H groups in total. The molecule has 1 heterocycles. The molecule has 0 unspecified atom stereocenters. The quantitative estimate of drug-likeness (QED) is 0.355. The van der Waals surface area contributed by atoms with Gasteiger partial charge in [0.1, 0.15) is 0 Å². The molecule has 120 valence electrons. The molecule has 1 aliphatic rings. The summed E-state index contributed by atoms with van der Waals surface area (Å²) in [5.74, 6) is -0.183. The average molecular weight is 356 g/mol. The second kappa shape index (κ2) is 6.54. The van der Waals surface area contributed by atoms with E-state index in [4.69, 9.17) is 12.2 Å². The Bertz CT molecular complexity index is 876. The third-order valence-electron chi connectivity index (χ3n) is 3.55. The molecule has 5 nitrogen and oxygen atoms in total. The van der Waals surface area contributed by atoms with Crippen molar-refractivity contribution in [3.8, 4) is 0 Å². The van der Waals surface area contributed by atoms with Crippen molar-refractivity contribution in [2.75, 3.05) is 4.90 Å². The molecule has 1 amide bonds. The van der Waals surface area contributed by atoms with Crippen LogP contribution in [0.25, 0.3) is 6.08 Å². The van der Waals surface area contributed by atoms with Crippen LogP contribution in [0, 0.1) is 17.0 Å². The molecule has 1 fully saturated rings. The Balaban J connectivity index is 1.91. The number of aryl methyl sites for hydroxylation is 1. The lowest BCUT2D eigenvalue weighted by Gasteiger charge is -2.16. The van der Waals surface area contributed by atoms with Crippen molar-refractivity contribution in [1.82, 2.24) is 0 Å². The Hall–Kier alpha value is -2.51. The van der Waals surface area contributed by atoms with Gasteiger partial charge in [-0.3, -0.25) is 19.8 Å². The van der Waals surface area contributed by atoms with E-state index in [2.05, 4.69) is 0 Å². The van der Waals surface area contributed by atoms with Crippen LogP contribution in [-0.4, -0.2) is 15.2 Å². The summed E-state index contributed by atoms with van der Waals surface area (Å²) in [5.41, 5.74) is 2.46. The highest BCUT2D eigenvalue weighted by Gasteiger charge is 2.33. The van der Waals surface area contributed by atoms with Gasteiger partial charge < -0.3 is 0 Å². The van der Waals surface area contributed by atoms with Crippen molar-refractivity contribution in [2.24, 2.45) is 0 Å². The molecule has 1 aliphatic heterocycles. The molecule has 7 heteroatoms. The third kappa shape index (κ3) is 3.08. The van der Waals surface area contributed by atoms with E-state index in [0.29, 0.717) is 14.8 Å². The molecule has 0 radical (unpaired) electrons. The highest BCUT2D eigenvalue weighted by molar-refractivity contribution is 8.27. The highest BCUT2D eigenvalue weighted by atomic mass is 32.2. The molecule has 0 bridgehead atoms. The van der Waals surface area contributed by atoms with Crippen LogP contribution >= 0.6 is 24.0 Å². The van der Waals surface area contributed by atoms with E-state index < -0.39 is 4.92 Å². The zero-order valence-electron chi connectivity index (χ0n) is 12.6. The van der Waals surface area contributed by atoms with Gasteiger partial charge in [0.2, 0.25) is 0 Å². The number of nitro groups is 1. The summed E-state index contributed by atoms with van der Waals surface area (Å²) < 4.78 is 0.475. The van der Waals surface area contributed by atoms with Gasteiger partial charge >= 0.3 is 0 Å². The van der Waals surface area contributed by atoms with Crippen molar-refractivity contribution < 1.29 is 9.72 Å². The Kier molecular flexibility index (Phi) is 4.46. The Morgan fingerprint density at radius 2 is 1.83 bits per heavy atom. The van der Waals surface area contributed by atoms with E-state index in [0.717, 1.165) is 11.3 Å². The number of amides is 1. The molecule has 3 rings (SSSR count). The standard InChI is InChI=1S/C17H12N2O3S2/c1-11-4-2-3-5-14(11)18-16(20)15(24-17(18)23)10-12-6-8-13(9-7-12)19(21)22/h2-10H,1H3/b15-10-. The maximum Gasteiger partial charge on any atom is 0.270 e. The third-order valence-corrected chi connectivity index (χ3v) is 4.85. The Morgan fingerprint density at radius 1 is 1.17 bits per heavy atom. The topological polar surface area (TPSA) is 63.5 Å². The SMILES string of the molecule is Cc1ccccc1N1C(=O)/C(=C/c2ccc([N+](=O)[O-])cc2)SC1=S. The molecular formula is C17H12N2O3S2. The number of rotatable bonds is 3. The van der Waals surface area contributed by atoms with Crippen LogP contribution in [-0.2, 0) is 4.79 Å². The normalized spacial score (nSPS) is 16.0. The van der Waals surface area contributed by atoms with E-state index in [-0.39, 0.29) is 11.6 Å². The predicted molar refractivity (Wildman–Crippen MR) is 99.9 cm³/mol. The number of thioether (sulfide) groups is 1. The van der Waals surface area contributed by atoms with Crippen LogP contribution in [0.3, 0.4) is 0 Å². The lowest BCUT2D eigenvalue weighted by Crippen LogP contribution is -2.28. The number of benzene rings is 2. The summed E-state index contributed by atoms with van der Waals surface area (Å²) in [6, 6.07) is 13.6. The minimum atomic E-state index is -0.457. The molecule has 2 aromatic carbocycles. The zero-order valence-corrected chi connectivity index (χ0v) is 14.3. The van der Waals surface area contributed by atoms with Gasteiger partial charge in [0.15, 0.2) is 4.32 Å². The van der Waals surface area contributed by atoms with Crippen LogP contribution in [0.15, 0.2) is 53.4 Å². The fourth-order valence-electron chi connectivity index (χ4n) is 2.33. The van der Waals surface area contributed by atoms with Gasteiger partial charge in [-0.25, -0.2) is 0 Å². The van der Waals surface area contributed by atoms with Crippen molar-refractivity contribution in [3.63, 3.8) is 0 Å². The smallest absolute Gasteiger partial charge is 0.268 e. The number of hydrogen-bond acceptors (Lipinski definition) is 5. The van der Waals surface area contributed by atoms with Crippen molar-refractivity contribution in [1.29, 1.82) is 0 Å². The summed E-state index contributed by atoms with van der Waals surface area (Å²) in [6.07, 6.45) is 1.70. The lowest BCUT2D eigenvalue weighted by molar-refractivity contribution is -0.384. The molecule has 0 saturated carbocycles. The fraction of sp³-hybridized carbons (Fsp3) is 0.0588. The predicted octanol–water partition coefficient (Wildman–Crippen LogP) is 4.31. The van der Waals surface area contributed by atoms with E-state index >= 15 is 0 Å². The molecule has 2 aromatic rings. The first-order chi connectivity index (χ1) is 11.5. The number of non-ortho nitro benzene ring substituents is 1. The van der Waals surface area contributed by atoms with Gasteiger partial charge in [-0.15, -0.1) is 0 Å². The maximum atomic E-state index is 12.7. The van der Waals surface area contributed by atoms with Crippen molar-refractivity contribution in [3.05, 3.63) is 74.7 Å². The van der Waals surface area contributed by atoms with Gasteiger partial charge in [0.05, 0.1) is 15.5 Å². The first-order valence-electron chi connectivity index (χ1n) is 7.05. The number of thiocarbonyl (C=S) groups is 1. The largest absolute Gasteiger partial charge is 0.270 e. The maximum absolute atomic E-state index is 12.7. The Labute approximate surface area is 148 Å². The van der Waals surface area contributed by atoms with E-state index in [1.165, 1.54) is 28.8 Å². The summed E-state index contributed by atoms with van der Waals surface area (Å²) in [5, 5.41) is 10.7. The number of anilines is 1. The highest BCUT2D eigenvalue weighted by Crippen LogP contribution is 2.37. The van der Waals surface area contributed by atoms with Crippen LogP contribution in [0.1, 0.15) is 11.1 Å². The number of carbonyl (C=O) groups excluding carboxylic acids is 1. The molecule has 0 atom stereocenters. The van der Waals surface area contributed by atoms with E-state index in [1.54, 1.807) is 18.2 Å². The van der Waals surface area contributed by atoms with Crippen LogP contribution in [0.4, 0.5) is 11.4 Å². The molecule has 0 aliphatic carbocycles. The van der Waals surface area contributed by atoms with Gasteiger partial charge in [0, 0.05) is 12.1 Å². The first kappa shape index (κ1) is 16.4. The number of nitrogens with zero attached hydrogens (tertiary/aromatic N) is 2. The monoisotopic (exact) mass is 356 g/mol. The van der Waals surface area contributed by atoms with Gasteiger partial charge in [-0.05, 0) is 42.3 Å². The Morgan fingerprint density at radius 3 is 2.46 bits per heavy atom. The summed E-state index contributed by atoms with van der Waals surface area (Å²) >= 11 is 6.57. The fourth-order valence-corrected chi connectivity index (χ4v) is 3.62. The zero-order chi connectivity index (χ0) is 17.3. The molecule has 1 saturated heterocycles. The van der Waals surface area contributed by atoms with Gasteiger partial charge in [-0.1, -0.05) is 42.2 Å². The average Bonchev–Trinajstić information content (AvgIpc) is 2.83. The van der Waals surface area contributed by atoms with E-state index in [1.807, 2.05) is 31.2 Å². The molecule has 0 aromatic heterocycles. The van der Waals surface area contributed by atoms with Gasteiger partial charge in [0.25, 0.3) is 11.6 Å². The number of para-hydroxylation sites is 1. The minimum absolute atomic E-state index is 0.0135. The summed E-state index contributed by atoms with van der Waals surface area (Å²) in [4.78, 5) is 24.9. The summed E-state index contributed by atoms with van der Waals surface area (Å²) in [6.45, 7) is 1.92. The molecular weight excluding hydrogens is 344 g/mol. The second-order valence-corrected chi connectivity index (χ2v) is 6.83. The second-order valence-electron chi connectivity index (χ2n) is 5.15. The van der Waals surface area contributed by atoms with E-state index in [9.17, 15) is 14.9 Å². The number of hydrogen-bond donors (Lipinski definition) is 0. The van der Waals surface area contributed by atoms with Crippen molar-refractivity contribution in [2.45, 2.75) is 6.92 Å². The van der Waals surface area contributed by atoms with Crippen LogP contribution < -0.4 is 4.90 Å². The molecule has 0 spiro atoms. The first-order valence-corrected chi connectivity index (χ1v) is 8.28. The molecule has 24 heavy (non-hydrogen) atoms. The van der Waals surface area contributed by atoms with Crippen LogP contribution in [0.2, 0.25) is 0 Å². The van der Waals surface area contributed by atoms with Gasteiger partial charge in [-0.2, -0.15) is 0 Å². The summed E-state index contributed by atoms with van der Waals surface area (Å²) in [7, 11) is 0. The van der Waals surface area contributed by atoms with Crippen molar-refractivity contribution >= 4 is 51.7 Å². The number of carbonyl (C=O) groups is 1. The number of nitro benzene ring substituents is 1.